The van der Waals surface area contributed by atoms with E-state index in [9.17, 15) is 9.59 Å². The molecular formula is C17H21N3O5. The molecule has 1 fully saturated rings. The Morgan fingerprint density at radius 1 is 1.32 bits per heavy atom. The van der Waals surface area contributed by atoms with Crippen LogP contribution in [0.2, 0.25) is 0 Å². The largest absolute Gasteiger partial charge is 0.447 e. The van der Waals surface area contributed by atoms with Crippen LogP contribution in [0.5, 0.6) is 0 Å². The van der Waals surface area contributed by atoms with Crippen molar-refractivity contribution >= 4 is 22.8 Å². The number of aromatic nitrogens is 2. The van der Waals surface area contributed by atoms with E-state index in [0.29, 0.717) is 5.56 Å². The van der Waals surface area contributed by atoms with E-state index < -0.39 is 6.09 Å². The van der Waals surface area contributed by atoms with Gasteiger partial charge in [0.1, 0.15) is 13.2 Å². The van der Waals surface area contributed by atoms with Gasteiger partial charge in [-0.05, 0) is 25.3 Å². The number of fused-ring (bicyclic) bond motifs is 1. The summed E-state index contributed by atoms with van der Waals surface area (Å²) < 4.78 is 17.4. The van der Waals surface area contributed by atoms with Gasteiger partial charge in [-0.25, -0.2) is 9.48 Å². The van der Waals surface area contributed by atoms with E-state index in [4.69, 9.17) is 15.2 Å². The highest BCUT2D eigenvalue weighted by atomic mass is 16.6. The highest BCUT2D eigenvalue weighted by molar-refractivity contribution is 6.00. The number of benzene rings is 1. The number of nitrogens with zero attached hydrogens (tertiary/aromatic N) is 2. The maximum absolute atomic E-state index is 12.3. The van der Waals surface area contributed by atoms with E-state index >= 15 is 0 Å². The summed E-state index contributed by atoms with van der Waals surface area (Å²) in [6, 6.07) is 5.43. The predicted molar refractivity (Wildman–Crippen MR) is 89.3 cm³/mol. The van der Waals surface area contributed by atoms with Gasteiger partial charge in [-0.2, -0.15) is 5.10 Å². The Morgan fingerprint density at radius 3 is 2.96 bits per heavy atom. The van der Waals surface area contributed by atoms with Crippen molar-refractivity contribution in [3.05, 3.63) is 30.0 Å². The molecule has 2 aromatic rings. The van der Waals surface area contributed by atoms with Crippen LogP contribution in [0, 0.1) is 0 Å². The third-order valence-corrected chi connectivity index (χ3v) is 4.05. The summed E-state index contributed by atoms with van der Waals surface area (Å²) in [6.07, 6.45) is 3.91. The third-order valence-electron chi connectivity index (χ3n) is 4.05. The zero-order chi connectivity index (χ0) is 17.6. The Bertz CT molecular complexity index is 752. The van der Waals surface area contributed by atoms with E-state index in [1.54, 1.807) is 12.3 Å². The second kappa shape index (κ2) is 8.09. The maximum atomic E-state index is 12.3. The minimum absolute atomic E-state index is 0.0213. The average molecular weight is 347 g/mol. The fourth-order valence-electron chi connectivity index (χ4n) is 2.81. The molecule has 1 aliphatic heterocycles. The smallest absolute Gasteiger partial charge is 0.404 e. The van der Waals surface area contributed by atoms with E-state index in [0.717, 1.165) is 36.8 Å². The zero-order valence-corrected chi connectivity index (χ0v) is 13.8. The van der Waals surface area contributed by atoms with Crippen LogP contribution >= 0.6 is 0 Å². The molecule has 0 aliphatic carbocycles. The van der Waals surface area contributed by atoms with Crippen LogP contribution in [0.1, 0.15) is 35.8 Å². The van der Waals surface area contributed by atoms with Crippen molar-refractivity contribution in [3.8, 4) is 0 Å². The Balaban J connectivity index is 1.65. The fourth-order valence-corrected chi connectivity index (χ4v) is 2.81. The number of ether oxygens (including phenoxy) is 3. The van der Waals surface area contributed by atoms with Gasteiger partial charge in [0.05, 0.1) is 18.3 Å². The normalized spacial score (nSPS) is 17.5. The molecule has 1 unspecified atom stereocenters. The molecule has 0 saturated carbocycles. The van der Waals surface area contributed by atoms with Gasteiger partial charge in [0.2, 0.25) is 0 Å². The topological polar surface area (TPSA) is 106 Å². The molecule has 1 atom stereocenters. The minimum Gasteiger partial charge on any atom is -0.447 e. The van der Waals surface area contributed by atoms with Crippen molar-refractivity contribution in [2.75, 3.05) is 26.4 Å². The molecule has 2 N–H and O–H groups in total. The van der Waals surface area contributed by atoms with E-state index in [2.05, 4.69) is 9.84 Å². The molecule has 1 aromatic heterocycles. The number of carbonyl (C=O) groups excluding carboxylic acids is 2. The number of hydrogen-bond donors (Lipinski definition) is 1. The van der Waals surface area contributed by atoms with Crippen LogP contribution < -0.4 is 5.73 Å². The van der Waals surface area contributed by atoms with Gasteiger partial charge in [-0.1, -0.05) is 12.1 Å². The summed E-state index contributed by atoms with van der Waals surface area (Å²) in [7, 11) is 0. The van der Waals surface area contributed by atoms with Crippen molar-refractivity contribution in [2.45, 2.75) is 25.5 Å². The number of nitrogens with two attached hydrogens (primary N) is 1. The molecule has 1 amide bonds. The molecule has 1 saturated heterocycles. The highest BCUT2D eigenvalue weighted by Gasteiger charge is 2.19. The molecule has 0 spiro atoms. The molecule has 2 heterocycles. The van der Waals surface area contributed by atoms with Crippen molar-refractivity contribution in [1.29, 1.82) is 0 Å². The maximum Gasteiger partial charge on any atom is 0.404 e. The number of rotatable bonds is 7. The summed E-state index contributed by atoms with van der Waals surface area (Å²) in [6.45, 7) is 0.770. The van der Waals surface area contributed by atoms with Gasteiger partial charge in [0.15, 0.2) is 12.0 Å². The lowest BCUT2D eigenvalue weighted by Gasteiger charge is -2.23. The molecular weight excluding hydrogens is 326 g/mol. The average Bonchev–Trinajstić information content (AvgIpc) is 3.05. The van der Waals surface area contributed by atoms with E-state index in [-0.39, 0.29) is 31.8 Å². The van der Waals surface area contributed by atoms with Crippen molar-refractivity contribution in [1.82, 2.24) is 9.78 Å². The van der Waals surface area contributed by atoms with E-state index in [1.165, 1.54) is 0 Å². The van der Waals surface area contributed by atoms with Crippen LogP contribution in [-0.2, 0) is 14.2 Å². The second-order valence-electron chi connectivity index (χ2n) is 5.83. The summed E-state index contributed by atoms with van der Waals surface area (Å²) in [4.78, 5) is 22.7. The molecule has 8 nitrogen and oxygen atoms in total. The summed E-state index contributed by atoms with van der Waals surface area (Å²) in [5.41, 5.74) is 6.25. The number of primary amides is 1. The Kier molecular flexibility index (Phi) is 5.62. The van der Waals surface area contributed by atoms with Crippen molar-refractivity contribution in [3.63, 3.8) is 0 Å². The Labute approximate surface area is 144 Å². The fraction of sp³-hybridized carbons (Fsp3) is 0.471. The number of Topliss-reactive ketones (excluding diaryl/α,β-unsaturated/α-hetero) is 1. The summed E-state index contributed by atoms with van der Waals surface area (Å²) in [5.74, 6) is -0.154. The Hall–Kier alpha value is -2.45. The molecule has 0 bridgehead atoms. The summed E-state index contributed by atoms with van der Waals surface area (Å²) in [5, 5.41) is 5.37. The third kappa shape index (κ3) is 4.34. The molecule has 1 aromatic carbocycles. The molecule has 25 heavy (non-hydrogen) atoms. The van der Waals surface area contributed by atoms with Gasteiger partial charge < -0.3 is 19.9 Å². The molecule has 0 radical (unpaired) electrons. The molecule has 8 heteroatoms. The highest BCUT2D eigenvalue weighted by Crippen LogP contribution is 2.26. The Morgan fingerprint density at radius 2 is 2.20 bits per heavy atom. The monoisotopic (exact) mass is 347 g/mol. The van der Waals surface area contributed by atoms with Crippen LogP contribution in [0.3, 0.4) is 0 Å². The first-order valence-electron chi connectivity index (χ1n) is 8.27. The van der Waals surface area contributed by atoms with Gasteiger partial charge >= 0.3 is 6.09 Å². The number of carbonyl (C=O) groups is 2. The summed E-state index contributed by atoms with van der Waals surface area (Å²) >= 11 is 0. The second-order valence-corrected chi connectivity index (χ2v) is 5.83. The zero-order valence-electron chi connectivity index (χ0n) is 13.8. The van der Waals surface area contributed by atoms with Gasteiger partial charge in [0.25, 0.3) is 0 Å². The quantitative estimate of drug-likeness (QED) is 0.607. The predicted octanol–water partition coefficient (Wildman–Crippen LogP) is 2.03. The molecule has 3 rings (SSSR count). The SMILES string of the molecule is NC(=O)OCCOCC(=O)c1ccc2cnn(C3CCCCO3)c2c1. The lowest BCUT2D eigenvalue weighted by atomic mass is 10.1. The van der Waals surface area contributed by atoms with Crippen molar-refractivity contribution < 1.29 is 23.8 Å². The first-order valence-corrected chi connectivity index (χ1v) is 8.27. The van der Waals surface area contributed by atoms with E-state index in [1.807, 2.05) is 16.8 Å². The standard InChI is InChI=1S/C17H21N3O5/c18-17(22)25-8-7-23-11-15(21)12-4-5-13-10-19-20(14(13)9-12)16-3-1-2-6-24-16/h4-5,9-10,16H,1-3,6-8,11H2,(H2,18,22). The van der Waals surface area contributed by atoms with Crippen LogP contribution in [0.25, 0.3) is 10.9 Å². The first-order chi connectivity index (χ1) is 12.1. The van der Waals surface area contributed by atoms with Crippen molar-refractivity contribution in [2.24, 2.45) is 5.73 Å². The number of amides is 1. The number of ketones is 1. The van der Waals surface area contributed by atoms with Crippen LogP contribution in [0.15, 0.2) is 24.4 Å². The van der Waals surface area contributed by atoms with Gasteiger partial charge in [-0.3, -0.25) is 4.79 Å². The van der Waals surface area contributed by atoms with Gasteiger partial charge in [0, 0.05) is 17.6 Å². The van der Waals surface area contributed by atoms with Crippen LogP contribution in [-0.4, -0.2) is 48.1 Å². The lowest BCUT2D eigenvalue weighted by molar-refractivity contribution is -0.0366. The molecule has 134 valence electrons. The number of hydrogen-bond acceptors (Lipinski definition) is 6. The molecule has 1 aliphatic rings. The first kappa shape index (κ1) is 17.4. The minimum atomic E-state index is -0.862. The van der Waals surface area contributed by atoms with Gasteiger partial charge in [-0.15, -0.1) is 0 Å². The lowest BCUT2D eigenvalue weighted by Crippen LogP contribution is -2.19. The van der Waals surface area contributed by atoms with Crippen LogP contribution in [0.4, 0.5) is 4.79 Å².